The maximum absolute atomic E-state index is 13.2. The molecule has 39 heavy (non-hydrogen) atoms. The number of nitrogen functional groups attached to an aromatic ring is 1. The summed E-state index contributed by atoms with van der Waals surface area (Å²) in [5.41, 5.74) is 4.87. The highest BCUT2D eigenvalue weighted by Crippen LogP contribution is 2.41. The second-order valence-corrected chi connectivity index (χ2v) is 12.0. The molecular formula is C22H23N7O7S3. The Labute approximate surface area is 234 Å². The first-order valence-corrected chi connectivity index (χ1v) is 13.9. The number of esters is 2. The summed E-state index contributed by atoms with van der Waals surface area (Å²) in [6, 6.07) is -1.02. The molecule has 2 aliphatic rings. The molecule has 0 saturated carbocycles. The van der Waals surface area contributed by atoms with Crippen molar-refractivity contribution in [3.8, 4) is 0 Å². The Balaban J connectivity index is 1.52. The van der Waals surface area contributed by atoms with Gasteiger partial charge in [0.15, 0.2) is 10.8 Å². The highest BCUT2D eigenvalue weighted by Gasteiger charge is 2.54. The van der Waals surface area contributed by atoms with Gasteiger partial charge in [0.1, 0.15) is 22.8 Å². The molecule has 0 bridgehead atoms. The molecule has 2 unspecified atom stereocenters. The van der Waals surface area contributed by atoms with Gasteiger partial charge >= 0.3 is 11.9 Å². The average Bonchev–Trinajstić information content (AvgIpc) is 3.57. The minimum Gasteiger partial charge on any atom is -0.427 e. The van der Waals surface area contributed by atoms with Crippen LogP contribution >= 0.6 is 34.6 Å². The summed E-state index contributed by atoms with van der Waals surface area (Å²) in [7, 11) is 0. The number of thiazole rings is 1. The molecule has 0 radical (unpaired) electrons. The Kier molecular flexibility index (Phi) is 8.31. The lowest BCUT2D eigenvalue weighted by molar-refractivity contribution is -0.173. The van der Waals surface area contributed by atoms with Crippen molar-refractivity contribution in [3.05, 3.63) is 39.5 Å². The molecule has 4 N–H and O–H groups in total. The lowest BCUT2D eigenvalue weighted by atomic mass is 9.98. The van der Waals surface area contributed by atoms with Gasteiger partial charge in [0.2, 0.25) is 6.79 Å². The highest BCUT2D eigenvalue weighted by atomic mass is 32.2. The van der Waals surface area contributed by atoms with E-state index in [1.165, 1.54) is 22.0 Å². The van der Waals surface area contributed by atoms with Gasteiger partial charge in [0, 0.05) is 11.1 Å². The molecule has 206 valence electrons. The zero-order valence-electron chi connectivity index (χ0n) is 20.8. The quantitative estimate of drug-likeness (QED) is 0.0988. The Hall–Kier alpha value is -3.83. The van der Waals surface area contributed by atoms with Crippen molar-refractivity contribution in [1.29, 1.82) is 0 Å². The van der Waals surface area contributed by atoms with E-state index in [4.69, 9.17) is 15.2 Å². The van der Waals surface area contributed by atoms with E-state index in [-0.39, 0.29) is 16.5 Å². The van der Waals surface area contributed by atoms with Crippen LogP contribution in [0.5, 0.6) is 0 Å². The van der Waals surface area contributed by atoms with Crippen molar-refractivity contribution >= 4 is 75.3 Å². The number of oxime groups is 1. The third-order valence-electron chi connectivity index (χ3n) is 5.38. The zero-order chi connectivity index (χ0) is 28.3. The van der Waals surface area contributed by atoms with Crippen LogP contribution in [-0.4, -0.2) is 78.1 Å². The third kappa shape index (κ3) is 6.10. The Morgan fingerprint density at radius 3 is 2.69 bits per heavy atom. The van der Waals surface area contributed by atoms with E-state index in [0.717, 1.165) is 27.7 Å². The molecule has 1 fully saturated rings. The molecule has 17 heteroatoms. The van der Waals surface area contributed by atoms with Gasteiger partial charge in [0.25, 0.3) is 11.8 Å². The maximum Gasteiger partial charge on any atom is 0.358 e. The number of rotatable bonds is 8. The summed E-state index contributed by atoms with van der Waals surface area (Å²) in [5.74, 6) is -2.58. The van der Waals surface area contributed by atoms with Crippen molar-refractivity contribution < 1.29 is 33.9 Å². The molecule has 4 rings (SSSR count). The lowest BCUT2D eigenvalue weighted by Crippen LogP contribution is -2.71. The van der Waals surface area contributed by atoms with Crippen molar-refractivity contribution in [2.75, 3.05) is 18.3 Å². The summed E-state index contributed by atoms with van der Waals surface area (Å²) in [5, 5.41) is 19.6. The van der Waals surface area contributed by atoms with Crippen molar-refractivity contribution in [1.82, 2.24) is 24.8 Å². The number of hydrogen-bond acceptors (Lipinski definition) is 15. The number of nitrogens with one attached hydrogen (secondary N) is 1. The predicted molar refractivity (Wildman–Crippen MR) is 142 cm³/mol. The fourth-order valence-electron chi connectivity index (χ4n) is 3.43. The van der Waals surface area contributed by atoms with Gasteiger partial charge < -0.3 is 25.7 Å². The highest BCUT2D eigenvalue weighted by molar-refractivity contribution is 8.00. The molecule has 2 aromatic heterocycles. The van der Waals surface area contributed by atoms with Crippen LogP contribution in [0, 0.1) is 5.41 Å². The van der Waals surface area contributed by atoms with Gasteiger partial charge in [-0.2, -0.15) is 0 Å². The van der Waals surface area contributed by atoms with Gasteiger partial charge in [-0.25, -0.2) is 9.78 Å². The molecule has 2 aromatic rings. The first-order valence-electron chi connectivity index (χ1n) is 11.2. The maximum atomic E-state index is 13.2. The predicted octanol–water partition coefficient (Wildman–Crippen LogP) is 1.21. The van der Waals surface area contributed by atoms with E-state index in [9.17, 15) is 24.4 Å². The molecule has 14 nitrogen and oxygen atoms in total. The lowest BCUT2D eigenvalue weighted by Gasteiger charge is -2.49. The Morgan fingerprint density at radius 1 is 1.31 bits per heavy atom. The zero-order valence-corrected chi connectivity index (χ0v) is 23.3. The summed E-state index contributed by atoms with van der Waals surface area (Å²) in [6.07, 6.45) is 4.89. The van der Waals surface area contributed by atoms with Crippen LogP contribution in [-0.2, 0) is 28.7 Å². The minimum atomic E-state index is -1.02. The third-order valence-corrected chi connectivity index (χ3v) is 7.98. The summed E-state index contributed by atoms with van der Waals surface area (Å²) >= 11 is 3.51. The van der Waals surface area contributed by atoms with Gasteiger partial charge in [-0.15, -0.1) is 28.2 Å². The average molecular weight is 594 g/mol. The fraction of sp³-hybridized carbons (Fsp3) is 0.364. The molecule has 0 aromatic carbocycles. The van der Waals surface area contributed by atoms with Crippen molar-refractivity contribution in [2.24, 2.45) is 10.6 Å². The van der Waals surface area contributed by atoms with Gasteiger partial charge in [-0.1, -0.05) is 15.7 Å². The number of fused-ring (bicyclic) bond motifs is 1. The van der Waals surface area contributed by atoms with Crippen molar-refractivity contribution in [2.45, 2.75) is 32.2 Å². The Morgan fingerprint density at radius 2 is 2.08 bits per heavy atom. The van der Waals surface area contributed by atoms with E-state index in [1.807, 2.05) is 0 Å². The summed E-state index contributed by atoms with van der Waals surface area (Å²) < 4.78 is 14.0. The second kappa shape index (κ2) is 11.5. The first kappa shape index (κ1) is 28.2. The summed E-state index contributed by atoms with van der Waals surface area (Å²) in [6.45, 7) is 4.33. The molecule has 2 aliphatic heterocycles. The van der Waals surface area contributed by atoms with E-state index < -0.39 is 53.1 Å². The SMILES string of the molecule is CC(C)(C)C(=O)OCOC(=O)C1=C(/C=C/c2cnns2)CSC2C(NC(=O)/C(=N\O)c3csc(N)n3)C(=O)N12. The van der Waals surface area contributed by atoms with Crippen LogP contribution in [0.25, 0.3) is 6.08 Å². The van der Waals surface area contributed by atoms with Crippen LogP contribution in [0.1, 0.15) is 31.3 Å². The number of nitrogens with zero attached hydrogens (tertiary/aromatic N) is 5. The van der Waals surface area contributed by atoms with Crippen LogP contribution in [0.4, 0.5) is 5.13 Å². The number of carbonyl (C=O) groups excluding carboxylic acids is 4. The van der Waals surface area contributed by atoms with Gasteiger partial charge in [-0.3, -0.25) is 19.3 Å². The van der Waals surface area contributed by atoms with Crippen LogP contribution < -0.4 is 11.1 Å². The number of hydrogen-bond donors (Lipinski definition) is 3. The minimum absolute atomic E-state index is 0.0434. The number of nitrogens with two attached hydrogens (primary N) is 1. The number of carbonyl (C=O) groups is 4. The number of anilines is 1. The van der Waals surface area contributed by atoms with E-state index >= 15 is 0 Å². The molecule has 2 amide bonds. The van der Waals surface area contributed by atoms with Crippen LogP contribution in [0.15, 0.2) is 34.1 Å². The van der Waals surface area contributed by atoms with E-state index in [1.54, 1.807) is 39.1 Å². The van der Waals surface area contributed by atoms with Gasteiger partial charge in [0.05, 0.1) is 16.5 Å². The fourth-order valence-corrected chi connectivity index (χ4v) is 5.71. The second-order valence-electron chi connectivity index (χ2n) is 9.14. The first-order chi connectivity index (χ1) is 18.5. The number of allylic oxidation sites excluding steroid dienone is 1. The number of thioether (sulfide) groups is 1. The van der Waals surface area contributed by atoms with E-state index in [2.05, 4.69) is 25.0 Å². The topological polar surface area (TPSA) is 199 Å². The normalized spacial score (nSPS) is 19.5. The Bertz CT molecular complexity index is 1380. The number of aromatic nitrogens is 3. The molecular weight excluding hydrogens is 570 g/mol. The van der Waals surface area contributed by atoms with Crippen LogP contribution in [0.2, 0.25) is 0 Å². The molecule has 1 saturated heterocycles. The number of amides is 2. The van der Waals surface area contributed by atoms with Gasteiger partial charge in [-0.05, 0) is 44.0 Å². The molecule has 4 heterocycles. The summed E-state index contributed by atoms with van der Waals surface area (Å²) in [4.78, 5) is 57.0. The molecule has 0 aliphatic carbocycles. The molecule has 2 atom stereocenters. The number of ether oxygens (including phenoxy) is 2. The smallest absolute Gasteiger partial charge is 0.358 e. The van der Waals surface area contributed by atoms with Crippen molar-refractivity contribution in [3.63, 3.8) is 0 Å². The largest absolute Gasteiger partial charge is 0.427 e. The molecule has 0 spiro atoms. The standard InChI is InChI=1S/C22H23N7O7S3/c1-22(2,3)20(33)36-9-35-19(32)15-10(4-5-11-6-24-28-39-11)7-37-18-14(17(31)29(15)18)26-16(30)13(27-34)12-8-38-21(23)25-12/h4-6,8,14,18,34H,7,9H2,1-3H3,(H2,23,25)(H,26,30)/b5-4+,27-13-. The van der Waals surface area contributed by atoms with E-state index in [0.29, 0.717) is 11.3 Å². The van der Waals surface area contributed by atoms with Crippen LogP contribution in [0.3, 0.4) is 0 Å². The monoisotopic (exact) mass is 593 g/mol. The number of β-lactam (4-membered cyclic amide) rings is 1.